The molecule has 0 aliphatic carbocycles. The van der Waals surface area contributed by atoms with Gasteiger partial charge >= 0.3 is 12.4 Å². The molecule has 5 nitrogen and oxygen atoms in total. The van der Waals surface area contributed by atoms with Gasteiger partial charge in [0.2, 0.25) is 0 Å². The molecule has 4 heterocycles. The van der Waals surface area contributed by atoms with Gasteiger partial charge in [-0.3, -0.25) is 9.88 Å². The molecule has 3 aromatic rings. The van der Waals surface area contributed by atoms with Crippen molar-refractivity contribution < 1.29 is 35.8 Å². The van der Waals surface area contributed by atoms with Crippen LogP contribution in [0, 0.1) is 11.8 Å². The zero-order chi connectivity index (χ0) is 29.5. The molecule has 3 aliphatic rings. The monoisotopic (exact) mass is 597 g/mol. The molecule has 5 atom stereocenters. The van der Waals surface area contributed by atoms with E-state index in [4.69, 9.17) is 21.7 Å². The summed E-state index contributed by atoms with van der Waals surface area (Å²) in [5.41, 5.74) is -1.91. The Morgan fingerprint density at radius 3 is 2.37 bits per heavy atom. The highest BCUT2D eigenvalue weighted by Gasteiger charge is 2.44. The van der Waals surface area contributed by atoms with Gasteiger partial charge in [-0.25, -0.2) is 0 Å². The van der Waals surface area contributed by atoms with Gasteiger partial charge in [0, 0.05) is 29.4 Å². The topological polar surface area (TPSA) is 46.6 Å². The number of nitrogens with zero attached hydrogens (tertiary/aromatic N) is 2. The average Bonchev–Trinajstić information content (AvgIpc) is 2.94. The number of anilines is 1. The number of pyridine rings is 1. The predicted molar refractivity (Wildman–Crippen MR) is 147 cm³/mol. The zero-order valence-electron chi connectivity index (χ0n) is 22.4. The molecule has 1 N–H and O–H groups in total. The smallest absolute Gasteiger partial charge is 0.416 e. The minimum Gasteiger partial charge on any atom is -0.497 e. The van der Waals surface area contributed by atoms with Crippen LogP contribution in [0.15, 0.2) is 48.7 Å². The maximum absolute atomic E-state index is 13.4. The van der Waals surface area contributed by atoms with Gasteiger partial charge in [-0.1, -0.05) is 13.3 Å². The lowest BCUT2D eigenvalue weighted by atomic mass is 9.72. The molecule has 2 aromatic carbocycles. The zero-order valence-corrected chi connectivity index (χ0v) is 23.2. The number of benzene rings is 2. The van der Waals surface area contributed by atoms with E-state index in [2.05, 4.69) is 22.1 Å². The van der Waals surface area contributed by atoms with Crippen molar-refractivity contribution in [3.05, 3.63) is 65.4 Å². The fraction of sp³-hybridized carbons (Fsp3) is 0.448. The van der Waals surface area contributed by atoms with E-state index in [1.165, 1.54) is 0 Å². The van der Waals surface area contributed by atoms with Crippen LogP contribution in [0.4, 0.5) is 32.0 Å². The van der Waals surface area contributed by atoms with Crippen molar-refractivity contribution in [1.29, 1.82) is 0 Å². The number of rotatable bonds is 6. The summed E-state index contributed by atoms with van der Waals surface area (Å²) in [6, 6.07) is 8.37. The number of piperidine rings is 3. The van der Waals surface area contributed by atoms with E-state index in [1.807, 2.05) is 18.2 Å². The molecule has 0 amide bonds. The third-order valence-corrected chi connectivity index (χ3v) is 8.37. The molecule has 6 rings (SSSR count). The lowest BCUT2D eigenvalue weighted by Crippen LogP contribution is -2.55. The molecule has 3 aliphatic heterocycles. The van der Waals surface area contributed by atoms with Crippen LogP contribution in [-0.2, 0) is 17.1 Å². The van der Waals surface area contributed by atoms with Gasteiger partial charge in [0.1, 0.15) is 11.9 Å². The number of hydrogen-bond donors (Lipinski definition) is 1. The largest absolute Gasteiger partial charge is 0.497 e. The number of ether oxygens (including phenoxy) is 2. The Morgan fingerprint density at radius 1 is 1.07 bits per heavy atom. The Labute approximate surface area is 238 Å². The normalized spacial score (nSPS) is 23.3. The highest BCUT2D eigenvalue weighted by atomic mass is 32.1. The van der Waals surface area contributed by atoms with Gasteiger partial charge in [-0.15, -0.1) is 0 Å². The van der Waals surface area contributed by atoms with Crippen LogP contribution in [-0.4, -0.2) is 41.3 Å². The number of nitrogens with one attached hydrogen (secondary N) is 1. The molecule has 0 saturated carbocycles. The Kier molecular flexibility index (Phi) is 8.08. The minimum absolute atomic E-state index is 0.0740. The van der Waals surface area contributed by atoms with Crippen molar-refractivity contribution in [2.24, 2.45) is 11.8 Å². The number of fused-ring (bicyclic) bond motifs is 4. The van der Waals surface area contributed by atoms with Crippen molar-refractivity contribution in [3.8, 4) is 5.75 Å². The molecule has 2 bridgehead atoms. The first-order valence-electron chi connectivity index (χ1n) is 13.3. The second-order valence-electron chi connectivity index (χ2n) is 10.5. The number of alkyl halides is 6. The molecular weight excluding hydrogens is 568 g/mol. The van der Waals surface area contributed by atoms with E-state index < -0.39 is 35.3 Å². The van der Waals surface area contributed by atoms with Gasteiger partial charge in [0.25, 0.3) is 5.17 Å². The molecule has 1 aromatic heterocycles. The van der Waals surface area contributed by atoms with E-state index >= 15 is 0 Å². The third kappa shape index (κ3) is 6.23. The Hall–Kier alpha value is -3.12. The first-order valence-corrected chi connectivity index (χ1v) is 13.7. The Balaban J connectivity index is 1.51. The van der Waals surface area contributed by atoms with E-state index in [-0.39, 0.29) is 17.3 Å². The van der Waals surface area contributed by atoms with Crippen LogP contribution in [0.3, 0.4) is 0 Å². The second kappa shape index (κ2) is 11.3. The molecule has 0 radical (unpaired) electrons. The molecule has 1 unspecified atom stereocenters. The number of halogens is 6. The third-order valence-electron chi connectivity index (χ3n) is 8.17. The van der Waals surface area contributed by atoms with Crippen molar-refractivity contribution in [2.45, 2.75) is 50.7 Å². The molecule has 3 fully saturated rings. The lowest BCUT2D eigenvalue weighted by molar-refractivity contribution is -0.143. The first-order chi connectivity index (χ1) is 19.4. The first kappa shape index (κ1) is 29.4. The molecule has 41 heavy (non-hydrogen) atoms. The average molecular weight is 598 g/mol. The molecular formula is C29H29F6N3O2S. The highest BCUT2D eigenvalue weighted by molar-refractivity contribution is 7.80. The highest BCUT2D eigenvalue weighted by Crippen LogP contribution is 2.44. The van der Waals surface area contributed by atoms with Crippen LogP contribution >= 0.6 is 12.2 Å². The van der Waals surface area contributed by atoms with Gasteiger partial charge < -0.3 is 14.8 Å². The van der Waals surface area contributed by atoms with Crippen molar-refractivity contribution in [2.75, 3.05) is 25.5 Å². The quantitative estimate of drug-likeness (QED) is 0.231. The Morgan fingerprint density at radius 2 is 1.78 bits per heavy atom. The summed E-state index contributed by atoms with van der Waals surface area (Å²) < 4.78 is 92.2. The van der Waals surface area contributed by atoms with Crippen molar-refractivity contribution in [3.63, 3.8) is 0 Å². The second-order valence-corrected chi connectivity index (χ2v) is 10.9. The maximum atomic E-state index is 13.4. The van der Waals surface area contributed by atoms with E-state index in [9.17, 15) is 26.3 Å². The Bertz CT molecular complexity index is 1400. The van der Waals surface area contributed by atoms with E-state index in [0.29, 0.717) is 35.2 Å². The van der Waals surface area contributed by atoms with Crippen molar-refractivity contribution in [1.82, 2.24) is 9.88 Å². The van der Waals surface area contributed by atoms with Crippen LogP contribution in [0.2, 0.25) is 0 Å². The number of aromatic nitrogens is 1. The minimum atomic E-state index is -4.98. The van der Waals surface area contributed by atoms with Crippen LogP contribution in [0.5, 0.6) is 5.75 Å². The predicted octanol–water partition coefficient (Wildman–Crippen LogP) is 7.86. The van der Waals surface area contributed by atoms with Gasteiger partial charge in [0.15, 0.2) is 0 Å². The van der Waals surface area contributed by atoms with Gasteiger partial charge in [-0.05, 0) is 85.9 Å². The fourth-order valence-corrected chi connectivity index (χ4v) is 6.34. The molecule has 0 spiro atoms. The van der Waals surface area contributed by atoms with Crippen LogP contribution in [0.1, 0.15) is 49.0 Å². The summed E-state index contributed by atoms with van der Waals surface area (Å²) in [5.74, 6) is 1.63. The van der Waals surface area contributed by atoms with Gasteiger partial charge in [-0.2, -0.15) is 26.3 Å². The summed E-state index contributed by atoms with van der Waals surface area (Å²) >= 11 is 5.40. The standard InChI is InChI=1S/C29H29F6N3O2S/c1-3-16-15-38-9-7-17(16)10-25(38)26(22-6-8-36-24-5-4-21(39-2)14-23(22)24)40-27(41)37-20-12-18(28(30,31)32)11-19(13-20)29(33,34)35/h4-6,8,11-14,16-17,25-26H,3,7,9-10,15H2,1-2H3,(H,37,41)/t16-,17-,25-,26+/m0/s1. The maximum Gasteiger partial charge on any atom is 0.416 e. The summed E-state index contributed by atoms with van der Waals surface area (Å²) in [6.07, 6.45) is -6.07. The van der Waals surface area contributed by atoms with Crippen molar-refractivity contribution >= 4 is 34.0 Å². The molecule has 220 valence electrons. The molecule has 12 heteroatoms. The summed E-state index contributed by atoms with van der Waals surface area (Å²) in [4.78, 5) is 6.79. The van der Waals surface area contributed by atoms with E-state index in [1.54, 1.807) is 19.4 Å². The van der Waals surface area contributed by atoms with E-state index in [0.717, 1.165) is 43.3 Å². The number of thiocarbonyl (C=S) groups is 1. The fourth-order valence-electron chi connectivity index (χ4n) is 6.12. The molecule has 3 saturated heterocycles. The number of hydrogen-bond acceptors (Lipinski definition) is 5. The number of methoxy groups -OCH3 is 1. The summed E-state index contributed by atoms with van der Waals surface area (Å²) in [7, 11) is 1.55. The van der Waals surface area contributed by atoms with Crippen LogP contribution in [0.25, 0.3) is 10.9 Å². The van der Waals surface area contributed by atoms with Gasteiger partial charge in [0.05, 0.1) is 29.8 Å². The SMILES string of the molecule is CC[C@H]1CN2CC[C@H]1C[C@H]2[C@H](OC(=S)Nc1cc(C(F)(F)F)cc(C(F)(F)F)c1)c1ccnc2ccc(OC)cc12. The summed E-state index contributed by atoms with van der Waals surface area (Å²) in [6.45, 7) is 3.91. The lowest BCUT2D eigenvalue weighted by Gasteiger charge is -2.52. The van der Waals surface area contributed by atoms with Crippen LogP contribution < -0.4 is 10.1 Å². The summed E-state index contributed by atoms with van der Waals surface area (Å²) in [5, 5.41) is 2.92.